The summed E-state index contributed by atoms with van der Waals surface area (Å²) in [6.45, 7) is 2.13. The largest absolute Gasteiger partial charge is 0.450 e. The minimum absolute atomic E-state index is 0.173. The van der Waals surface area contributed by atoms with Crippen LogP contribution in [0.1, 0.15) is 101 Å². The number of nitrogens with zero attached hydrogens (tertiary/aromatic N) is 8. The van der Waals surface area contributed by atoms with Crippen LogP contribution in [0.3, 0.4) is 0 Å². The van der Waals surface area contributed by atoms with E-state index in [0.29, 0.717) is 24.2 Å². The first-order valence-corrected chi connectivity index (χ1v) is 17.7. The van der Waals surface area contributed by atoms with E-state index < -0.39 is 11.2 Å². The van der Waals surface area contributed by atoms with Crippen LogP contribution < -0.4 is 0 Å². The van der Waals surface area contributed by atoms with Crippen LogP contribution in [0.5, 0.6) is 0 Å². The SMILES string of the molecule is O=C1C=C2CC(n3cc(CCCCc4cn([C@@H]5CC6=CC(=O)O[C@@]67C[C@@H]5N5CCCC[C@@H]57)nn4)nn3)[C@@H]3C[C@@]2(O1)C1CCCCN13. The average molecular weight is 627 g/mol. The summed E-state index contributed by atoms with van der Waals surface area (Å²) < 4.78 is 16.2. The van der Waals surface area contributed by atoms with Crippen LogP contribution in [-0.4, -0.2) is 100 Å². The molecule has 10 rings (SSSR count). The van der Waals surface area contributed by atoms with Crippen LogP contribution in [0.4, 0.5) is 0 Å². The van der Waals surface area contributed by atoms with E-state index in [0.717, 1.165) is 99.8 Å². The number of aryl methyl sites for hydroxylation is 2. The van der Waals surface area contributed by atoms with Gasteiger partial charge in [-0.05, 0) is 88.4 Å². The molecule has 6 fully saturated rings. The maximum atomic E-state index is 12.4. The predicted molar refractivity (Wildman–Crippen MR) is 163 cm³/mol. The van der Waals surface area contributed by atoms with Crippen molar-refractivity contribution in [1.82, 2.24) is 39.8 Å². The number of hydrogen-bond donors (Lipinski definition) is 0. The Balaban J connectivity index is 0.783. The van der Waals surface area contributed by atoms with Crippen molar-refractivity contribution in [3.63, 3.8) is 0 Å². The van der Waals surface area contributed by atoms with Gasteiger partial charge in [0.15, 0.2) is 11.2 Å². The molecule has 0 radical (unpaired) electrons. The molecule has 8 aliphatic rings. The van der Waals surface area contributed by atoms with Gasteiger partial charge in [0.25, 0.3) is 0 Å². The Hall–Kier alpha value is -3.38. The zero-order chi connectivity index (χ0) is 30.6. The Bertz CT molecular complexity index is 1540. The number of rotatable bonds is 7. The highest BCUT2D eigenvalue weighted by atomic mass is 16.6. The fraction of sp³-hybridized carbons (Fsp3) is 0.706. The smallest absolute Gasteiger partial charge is 0.331 e. The Morgan fingerprint density at radius 2 is 1.15 bits per heavy atom. The van der Waals surface area contributed by atoms with E-state index in [4.69, 9.17) is 9.47 Å². The van der Waals surface area contributed by atoms with E-state index in [1.807, 2.05) is 0 Å². The molecule has 4 bridgehead atoms. The molecule has 0 N–H and O–H groups in total. The molecule has 12 heteroatoms. The summed E-state index contributed by atoms with van der Waals surface area (Å²) >= 11 is 0. The highest BCUT2D eigenvalue weighted by molar-refractivity contribution is 5.88. The van der Waals surface area contributed by atoms with Crippen molar-refractivity contribution in [2.75, 3.05) is 13.1 Å². The number of aromatic nitrogens is 6. The van der Waals surface area contributed by atoms with Gasteiger partial charge >= 0.3 is 11.9 Å². The lowest BCUT2D eigenvalue weighted by Gasteiger charge is -2.37. The third-order valence-electron chi connectivity index (χ3n) is 12.9. The van der Waals surface area contributed by atoms with Crippen molar-refractivity contribution in [3.8, 4) is 0 Å². The minimum Gasteiger partial charge on any atom is -0.450 e. The first-order valence-electron chi connectivity index (χ1n) is 17.7. The van der Waals surface area contributed by atoms with Crippen molar-refractivity contribution in [3.05, 3.63) is 47.1 Å². The highest BCUT2D eigenvalue weighted by Gasteiger charge is 2.65. The maximum Gasteiger partial charge on any atom is 0.331 e. The Morgan fingerprint density at radius 3 is 1.63 bits per heavy atom. The molecule has 2 aromatic heterocycles. The van der Waals surface area contributed by atoms with E-state index in [-0.39, 0.29) is 24.0 Å². The second-order valence-corrected chi connectivity index (χ2v) is 15.1. The molecule has 46 heavy (non-hydrogen) atoms. The van der Waals surface area contributed by atoms with E-state index in [9.17, 15) is 9.59 Å². The van der Waals surface area contributed by atoms with E-state index >= 15 is 0 Å². The number of fused-ring (bicyclic) bond motifs is 6. The first-order chi connectivity index (χ1) is 22.5. The van der Waals surface area contributed by atoms with Crippen LogP contribution in [0.25, 0.3) is 0 Å². The number of ether oxygens (including phenoxy) is 2. The van der Waals surface area contributed by atoms with Crippen LogP contribution >= 0.6 is 0 Å². The molecule has 0 aromatic carbocycles. The zero-order valence-electron chi connectivity index (χ0n) is 26.3. The molecule has 0 amide bonds. The number of esters is 2. The fourth-order valence-electron chi connectivity index (χ4n) is 11.1. The minimum atomic E-state index is -0.403. The normalized spacial score (nSPS) is 39.3. The maximum absolute atomic E-state index is 12.4. The van der Waals surface area contributed by atoms with E-state index in [2.05, 4.69) is 52.2 Å². The summed E-state index contributed by atoms with van der Waals surface area (Å²) in [5.74, 6) is -0.346. The second-order valence-electron chi connectivity index (χ2n) is 15.1. The first kappa shape index (κ1) is 27.7. The third kappa shape index (κ3) is 3.91. The average Bonchev–Trinajstić information content (AvgIpc) is 3.90. The molecule has 6 aliphatic heterocycles. The lowest BCUT2D eigenvalue weighted by atomic mass is 9.75. The van der Waals surface area contributed by atoms with Gasteiger partial charge in [-0.25, -0.2) is 19.0 Å². The number of carbonyl (C=O) groups is 2. The van der Waals surface area contributed by atoms with Crippen molar-refractivity contribution in [1.29, 1.82) is 0 Å². The van der Waals surface area contributed by atoms with Crippen molar-refractivity contribution in [2.24, 2.45) is 0 Å². The van der Waals surface area contributed by atoms with Crippen molar-refractivity contribution in [2.45, 2.75) is 137 Å². The van der Waals surface area contributed by atoms with Gasteiger partial charge in [0, 0.05) is 49.5 Å². The molecule has 242 valence electrons. The van der Waals surface area contributed by atoms with Gasteiger partial charge in [-0.2, -0.15) is 0 Å². The molecular weight excluding hydrogens is 584 g/mol. The lowest BCUT2D eigenvalue weighted by molar-refractivity contribution is -0.149. The summed E-state index contributed by atoms with van der Waals surface area (Å²) in [5.41, 5.74) is 3.56. The molecule has 12 nitrogen and oxygen atoms in total. The molecule has 2 aliphatic carbocycles. The molecule has 2 spiro atoms. The van der Waals surface area contributed by atoms with E-state index in [1.54, 1.807) is 12.2 Å². The number of carbonyl (C=O) groups excluding carboxylic acids is 2. The summed E-state index contributed by atoms with van der Waals surface area (Å²) in [4.78, 5) is 30.0. The molecule has 2 saturated carbocycles. The molecule has 4 saturated heterocycles. The van der Waals surface area contributed by atoms with E-state index in [1.165, 1.54) is 25.7 Å². The number of hydrogen-bond acceptors (Lipinski definition) is 10. The predicted octanol–water partition coefficient (Wildman–Crippen LogP) is 3.02. The lowest BCUT2D eigenvalue weighted by Crippen LogP contribution is -2.48. The zero-order valence-corrected chi connectivity index (χ0v) is 26.3. The monoisotopic (exact) mass is 626 g/mol. The second kappa shape index (κ2) is 10.1. The summed E-state index contributed by atoms with van der Waals surface area (Å²) in [7, 11) is 0. The van der Waals surface area contributed by atoms with Gasteiger partial charge in [-0.15, -0.1) is 10.2 Å². The standard InChI is InChI=1S/C34H42N8O4/c43-31-15-21-13-25(27-17-33(21,45-31)29-9-3-5-11-39(27)29)41-19-23(35-37-41)7-1-2-8-24-20-42(38-36-24)26-14-22-16-32(44)46-34(22)18-28(26)40-12-6-4-10-30(34)40/h15-16,19-20,25-30H,1-14,17-18H2/t25-,26?,27+,28+,29-,30?,33+,34+/m1/s1. The van der Waals surface area contributed by atoms with Gasteiger partial charge < -0.3 is 9.47 Å². The quantitative estimate of drug-likeness (QED) is 0.335. The summed E-state index contributed by atoms with van der Waals surface area (Å²) in [6, 6.07) is 1.63. The van der Waals surface area contributed by atoms with Crippen LogP contribution in [0.15, 0.2) is 35.7 Å². The topological polar surface area (TPSA) is 121 Å². The van der Waals surface area contributed by atoms with Gasteiger partial charge in [-0.3, -0.25) is 9.80 Å². The highest BCUT2D eigenvalue weighted by Crippen LogP contribution is 2.58. The van der Waals surface area contributed by atoms with Gasteiger partial charge in [-0.1, -0.05) is 23.3 Å². The molecule has 2 aromatic rings. The summed E-state index contributed by atoms with van der Waals surface area (Å²) in [6.07, 6.45) is 21.9. The Kier molecular flexibility index (Phi) is 6.06. The fourth-order valence-corrected chi connectivity index (χ4v) is 11.1. The van der Waals surface area contributed by atoms with Gasteiger partial charge in [0.05, 0.1) is 35.6 Å². The molecular formula is C34H42N8O4. The molecule has 2 unspecified atom stereocenters. The molecule has 8 atom stereocenters. The van der Waals surface area contributed by atoms with Gasteiger partial charge in [0.1, 0.15) is 0 Å². The number of piperidine rings is 2. The third-order valence-corrected chi connectivity index (χ3v) is 12.9. The molecule has 8 heterocycles. The van der Waals surface area contributed by atoms with Crippen molar-refractivity contribution < 1.29 is 19.1 Å². The Morgan fingerprint density at radius 1 is 0.674 bits per heavy atom. The van der Waals surface area contributed by atoms with Crippen LogP contribution in [0, 0.1) is 0 Å². The van der Waals surface area contributed by atoms with Crippen molar-refractivity contribution >= 4 is 11.9 Å². The number of unbranched alkanes of at least 4 members (excludes halogenated alkanes) is 1. The van der Waals surface area contributed by atoms with Gasteiger partial charge in [0.2, 0.25) is 0 Å². The van der Waals surface area contributed by atoms with Crippen LogP contribution in [-0.2, 0) is 31.9 Å². The summed E-state index contributed by atoms with van der Waals surface area (Å²) in [5, 5.41) is 18.4. The van der Waals surface area contributed by atoms with Crippen LogP contribution in [0.2, 0.25) is 0 Å². The Labute approximate surface area is 268 Å².